The zero-order valence-corrected chi connectivity index (χ0v) is 27.2. The first-order chi connectivity index (χ1) is 22.6. The Morgan fingerprint density at radius 1 is 1.09 bits per heavy atom. The molecular formula is C32H41F4N9O2. The number of H-pyrrole nitrogens is 1. The topological polar surface area (TPSA) is 123 Å². The molecule has 47 heavy (non-hydrogen) atoms. The monoisotopic (exact) mass is 659 g/mol. The highest BCUT2D eigenvalue weighted by Crippen LogP contribution is 2.37. The van der Waals surface area contributed by atoms with E-state index < -0.39 is 48.2 Å². The number of aryl methyl sites for hydroxylation is 1. The van der Waals surface area contributed by atoms with Gasteiger partial charge in [0.05, 0.1) is 30.5 Å². The minimum Gasteiger partial charge on any atom is -0.435 e. The average Bonchev–Trinajstić information content (AvgIpc) is 3.47. The maximum Gasteiger partial charge on any atom is 0.282 e. The van der Waals surface area contributed by atoms with Crippen LogP contribution in [0.3, 0.4) is 0 Å². The van der Waals surface area contributed by atoms with E-state index in [4.69, 9.17) is 4.74 Å². The Labute approximate surface area is 271 Å². The lowest BCUT2D eigenvalue weighted by atomic mass is 10.1. The van der Waals surface area contributed by atoms with E-state index in [2.05, 4.69) is 47.7 Å². The maximum atomic E-state index is 15.3. The van der Waals surface area contributed by atoms with Crippen molar-refractivity contribution in [1.82, 2.24) is 35.5 Å². The first kappa shape index (κ1) is 35.4. The Morgan fingerprint density at radius 2 is 1.81 bits per heavy atom. The molecule has 0 aliphatic carbocycles. The minimum atomic E-state index is -3.03. The van der Waals surface area contributed by atoms with Gasteiger partial charge < -0.3 is 35.5 Å². The standard InChI is InChI=1S/C26H24F4N8O2.C4H11N.C2H6/c1-14-8-16-21(28)18(9-17(27)22(16)35-14)40-24-20(25(39)38-11-26(29,30)12-38)23(33-13-34-24)36-19-3-2-15(10-32-19)37-6-4-31-5-7-37;1-3-4-5-2;1-2/h2-3,8-10,13,31,35H,4-7,11-12H2,1H3,(H,32,33,34,36);5H,3-4H2,1-2H3;1-2H3. The van der Waals surface area contributed by atoms with E-state index in [0.717, 1.165) is 55.7 Å². The van der Waals surface area contributed by atoms with Gasteiger partial charge in [-0.05, 0) is 45.1 Å². The SMILES string of the molecule is CC.CCCNC.Cc1cc2c(F)c(Oc3ncnc(Nc4ccc(N5CCNCC5)cn4)c3C(=O)N3CC(F)(F)C3)cc(F)c2[nH]1. The molecule has 15 heteroatoms. The number of halogens is 4. The third kappa shape index (κ3) is 8.46. The van der Waals surface area contributed by atoms with Crippen LogP contribution >= 0.6 is 0 Å². The average molecular weight is 660 g/mol. The summed E-state index contributed by atoms with van der Waals surface area (Å²) in [6, 6.07) is 5.77. The van der Waals surface area contributed by atoms with Gasteiger partial charge in [0.25, 0.3) is 11.8 Å². The number of aromatic nitrogens is 4. The maximum absolute atomic E-state index is 15.3. The summed E-state index contributed by atoms with van der Waals surface area (Å²) in [6.07, 6.45) is 3.95. The van der Waals surface area contributed by atoms with Gasteiger partial charge >= 0.3 is 0 Å². The number of piperazine rings is 1. The van der Waals surface area contributed by atoms with Crippen LogP contribution in [0.1, 0.15) is 43.2 Å². The normalized spacial score (nSPS) is 15.2. The van der Waals surface area contributed by atoms with Gasteiger partial charge in [0.15, 0.2) is 23.2 Å². The lowest BCUT2D eigenvalue weighted by Gasteiger charge is -2.38. The third-order valence-electron chi connectivity index (χ3n) is 7.24. The van der Waals surface area contributed by atoms with Crippen molar-refractivity contribution in [2.45, 2.75) is 40.0 Å². The molecule has 0 atom stereocenters. The Hall–Kier alpha value is -4.50. The molecule has 2 saturated heterocycles. The van der Waals surface area contributed by atoms with Crippen molar-refractivity contribution in [3.8, 4) is 11.6 Å². The molecule has 11 nitrogen and oxygen atoms in total. The van der Waals surface area contributed by atoms with E-state index in [9.17, 15) is 18.0 Å². The molecule has 5 heterocycles. The number of carbonyl (C=O) groups is 1. The number of nitrogens with zero attached hydrogens (tertiary/aromatic N) is 5. The molecule has 1 amide bonds. The number of likely N-dealkylation sites (tertiary alicyclic amines) is 1. The van der Waals surface area contributed by atoms with E-state index in [-0.39, 0.29) is 22.3 Å². The minimum absolute atomic E-state index is 0.0400. The van der Waals surface area contributed by atoms with Crippen molar-refractivity contribution >= 4 is 34.1 Å². The van der Waals surface area contributed by atoms with E-state index in [1.54, 1.807) is 19.2 Å². The smallest absolute Gasteiger partial charge is 0.282 e. The van der Waals surface area contributed by atoms with Crippen LogP contribution in [0.2, 0.25) is 0 Å². The van der Waals surface area contributed by atoms with Gasteiger partial charge in [0, 0.05) is 43.3 Å². The molecule has 6 rings (SSSR count). The van der Waals surface area contributed by atoms with Gasteiger partial charge in [0.1, 0.15) is 17.7 Å². The van der Waals surface area contributed by atoms with Crippen LogP contribution in [0.25, 0.3) is 10.9 Å². The van der Waals surface area contributed by atoms with E-state index in [1.807, 2.05) is 27.0 Å². The third-order valence-corrected chi connectivity index (χ3v) is 7.24. The summed E-state index contributed by atoms with van der Waals surface area (Å²) in [5.74, 6) is -6.30. The van der Waals surface area contributed by atoms with Crippen LogP contribution in [0.15, 0.2) is 36.8 Å². The fourth-order valence-electron chi connectivity index (χ4n) is 5.00. The molecule has 4 N–H and O–H groups in total. The number of rotatable bonds is 8. The predicted molar refractivity (Wildman–Crippen MR) is 174 cm³/mol. The quantitative estimate of drug-likeness (QED) is 0.179. The van der Waals surface area contributed by atoms with Crippen molar-refractivity contribution in [2.75, 3.05) is 63.1 Å². The molecule has 2 fully saturated rings. The van der Waals surface area contributed by atoms with Crippen molar-refractivity contribution in [2.24, 2.45) is 0 Å². The van der Waals surface area contributed by atoms with Crippen molar-refractivity contribution in [1.29, 1.82) is 0 Å². The number of amides is 1. The highest BCUT2D eigenvalue weighted by atomic mass is 19.3. The Balaban J connectivity index is 0.000000655. The molecule has 0 radical (unpaired) electrons. The summed E-state index contributed by atoms with van der Waals surface area (Å²) < 4.78 is 62.8. The van der Waals surface area contributed by atoms with Gasteiger partial charge in [-0.25, -0.2) is 32.5 Å². The number of alkyl halides is 2. The zero-order chi connectivity index (χ0) is 34.1. The highest BCUT2D eigenvalue weighted by Gasteiger charge is 2.47. The molecule has 3 aromatic heterocycles. The van der Waals surface area contributed by atoms with Crippen LogP contribution in [0, 0.1) is 18.6 Å². The van der Waals surface area contributed by atoms with Crippen LogP contribution < -0.4 is 25.6 Å². The second kappa shape index (κ2) is 15.9. The first-order valence-electron chi connectivity index (χ1n) is 15.6. The molecule has 254 valence electrons. The van der Waals surface area contributed by atoms with Gasteiger partial charge in [-0.2, -0.15) is 0 Å². The predicted octanol–water partition coefficient (Wildman–Crippen LogP) is 5.62. The lowest BCUT2D eigenvalue weighted by Crippen LogP contribution is -2.58. The second-order valence-electron chi connectivity index (χ2n) is 10.8. The van der Waals surface area contributed by atoms with E-state index >= 15 is 4.39 Å². The first-order valence-corrected chi connectivity index (χ1v) is 15.6. The molecule has 0 unspecified atom stereocenters. The second-order valence-corrected chi connectivity index (χ2v) is 10.8. The molecular weight excluding hydrogens is 618 g/mol. The number of benzene rings is 1. The number of hydrogen-bond acceptors (Lipinski definition) is 9. The molecule has 2 aliphatic heterocycles. The summed E-state index contributed by atoms with van der Waals surface area (Å²) in [7, 11) is 1.96. The molecule has 0 spiro atoms. The number of pyridine rings is 1. The number of nitrogens with one attached hydrogen (secondary N) is 4. The fourth-order valence-corrected chi connectivity index (χ4v) is 5.00. The summed E-state index contributed by atoms with van der Waals surface area (Å²) in [4.78, 5) is 31.6. The largest absolute Gasteiger partial charge is 0.435 e. The van der Waals surface area contributed by atoms with Gasteiger partial charge in [0.2, 0.25) is 5.88 Å². The molecule has 4 aromatic rings. The van der Waals surface area contributed by atoms with Crippen LogP contribution in [0.4, 0.5) is 34.9 Å². The Kier molecular flexibility index (Phi) is 11.9. The van der Waals surface area contributed by atoms with Gasteiger partial charge in [-0.1, -0.05) is 20.8 Å². The van der Waals surface area contributed by atoms with Crippen molar-refractivity contribution in [3.05, 3.63) is 59.7 Å². The number of hydrogen-bond donors (Lipinski definition) is 4. The highest BCUT2D eigenvalue weighted by molar-refractivity contribution is 6.02. The summed E-state index contributed by atoms with van der Waals surface area (Å²) >= 11 is 0. The summed E-state index contributed by atoms with van der Waals surface area (Å²) in [5, 5.41) is 9.16. The number of carbonyl (C=O) groups excluding carboxylic acids is 1. The summed E-state index contributed by atoms with van der Waals surface area (Å²) in [6.45, 7) is 10.7. The van der Waals surface area contributed by atoms with Crippen LogP contribution in [-0.2, 0) is 0 Å². The van der Waals surface area contributed by atoms with E-state index in [1.165, 1.54) is 12.5 Å². The molecule has 0 saturated carbocycles. The van der Waals surface area contributed by atoms with Crippen molar-refractivity contribution < 1.29 is 27.1 Å². The van der Waals surface area contributed by atoms with E-state index in [0.29, 0.717) is 11.5 Å². The summed E-state index contributed by atoms with van der Waals surface area (Å²) in [5.41, 5.74) is 1.08. The fraction of sp³-hybridized carbons (Fsp3) is 0.438. The molecule has 0 bridgehead atoms. The number of ether oxygens (including phenoxy) is 1. The molecule has 2 aliphatic rings. The van der Waals surface area contributed by atoms with Crippen LogP contribution in [-0.4, -0.2) is 89.5 Å². The molecule has 1 aromatic carbocycles. The van der Waals surface area contributed by atoms with Crippen LogP contribution in [0.5, 0.6) is 11.6 Å². The zero-order valence-electron chi connectivity index (χ0n) is 27.2. The lowest BCUT2D eigenvalue weighted by molar-refractivity contribution is -0.113. The van der Waals surface area contributed by atoms with Crippen molar-refractivity contribution in [3.63, 3.8) is 0 Å². The Bertz CT molecular complexity index is 1630. The number of aromatic amines is 1. The Morgan fingerprint density at radius 3 is 2.40 bits per heavy atom. The number of anilines is 3. The van der Waals surface area contributed by atoms with Gasteiger partial charge in [-0.15, -0.1) is 0 Å². The number of fused-ring (bicyclic) bond motifs is 1. The van der Waals surface area contributed by atoms with Gasteiger partial charge in [-0.3, -0.25) is 4.79 Å².